The summed E-state index contributed by atoms with van der Waals surface area (Å²) in [6.45, 7) is 2.56. The van der Waals surface area contributed by atoms with Gasteiger partial charge in [-0.2, -0.15) is 0 Å². The molecule has 0 spiro atoms. The molecule has 0 aliphatic carbocycles. The number of carbonyl (C=O) groups is 1. The van der Waals surface area contributed by atoms with Crippen molar-refractivity contribution in [2.24, 2.45) is 0 Å². The molecule has 0 saturated carbocycles. The number of aryl methyl sites for hydroxylation is 1. The predicted octanol–water partition coefficient (Wildman–Crippen LogP) is 4.30. The molecule has 0 saturated heterocycles. The van der Waals surface area contributed by atoms with Crippen LogP contribution < -0.4 is 0 Å². The lowest BCUT2D eigenvalue weighted by Crippen LogP contribution is -2.09. The Labute approximate surface area is 124 Å². The number of ketones is 1. The summed E-state index contributed by atoms with van der Waals surface area (Å²) in [5, 5.41) is 0.674. The highest BCUT2D eigenvalue weighted by atomic mass is 35.5. The van der Waals surface area contributed by atoms with Crippen LogP contribution in [0.15, 0.2) is 48.5 Å². The van der Waals surface area contributed by atoms with E-state index >= 15 is 0 Å². The summed E-state index contributed by atoms with van der Waals surface area (Å²) in [6.07, 6.45) is 0.972. The van der Waals surface area contributed by atoms with E-state index in [0.29, 0.717) is 17.2 Å². The molecule has 104 valence electrons. The van der Waals surface area contributed by atoms with Gasteiger partial charge in [0, 0.05) is 10.6 Å². The number of carbonyl (C=O) groups excluding carboxylic acids is 1. The van der Waals surface area contributed by atoms with Crippen LogP contribution in [0.5, 0.6) is 0 Å². The second-order valence-corrected chi connectivity index (χ2v) is 5.03. The summed E-state index contributed by atoms with van der Waals surface area (Å²) in [5.74, 6) is -0.00492. The van der Waals surface area contributed by atoms with Crippen molar-refractivity contribution in [2.45, 2.75) is 20.0 Å². The van der Waals surface area contributed by atoms with Gasteiger partial charge in [-0.15, -0.1) is 0 Å². The van der Waals surface area contributed by atoms with Crippen LogP contribution in [0.2, 0.25) is 5.02 Å². The minimum Gasteiger partial charge on any atom is -0.369 e. The number of hydrogen-bond acceptors (Lipinski definition) is 2. The number of benzene rings is 2. The smallest absolute Gasteiger partial charge is 0.188 e. The lowest BCUT2D eigenvalue weighted by atomic mass is 10.1. The van der Waals surface area contributed by atoms with Crippen LogP contribution >= 0.6 is 11.6 Å². The van der Waals surface area contributed by atoms with Crippen molar-refractivity contribution < 1.29 is 9.53 Å². The molecule has 2 nitrogen and oxygen atoms in total. The summed E-state index contributed by atoms with van der Waals surface area (Å²) in [4.78, 5) is 12.0. The Balaban J connectivity index is 1.85. The zero-order valence-corrected chi connectivity index (χ0v) is 12.2. The molecule has 0 fully saturated rings. The number of ether oxygens (including phenoxy) is 1. The van der Waals surface area contributed by atoms with Crippen LogP contribution in [0.1, 0.15) is 28.4 Å². The van der Waals surface area contributed by atoms with Crippen molar-refractivity contribution in [3.8, 4) is 0 Å². The van der Waals surface area contributed by atoms with Gasteiger partial charge in [0.25, 0.3) is 0 Å². The molecular weight excluding hydrogens is 272 g/mol. The van der Waals surface area contributed by atoms with Crippen LogP contribution in [0, 0.1) is 0 Å². The molecule has 0 aliphatic heterocycles. The summed E-state index contributed by atoms with van der Waals surface area (Å²) >= 11 is 5.89. The highest BCUT2D eigenvalue weighted by molar-refractivity contribution is 6.30. The van der Waals surface area contributed by atoms with Crippen molar-refractivity contribution in [2.75, 3.05) is 6.61 Å². The Hall–Kier alpha value is -1.64. The molecular formula is C17H17ClO2. The topological polar surface area (TPSA) is 26.3 Å². The fraction of sp³-hybridized carbons (Fsp3) is 0.235. The van der Waals surface area contributed by atoms with Gasteiger partial charge in [-0.1, -0.05) is 54.9 Å². The molecule has 2 rings (SSSR count). The Morgan fingerprint density at radius 1 is 1.10 bits per heavy atom. The number of Topliss-reactive ketones (excluding diaryl/α,β-unsaturated/α-hetero) is 1. The highest BCUT2D eigenvalue weighted by Gasteiger charge is 2.06. The predicted molar refractivity (Wildman–Crippen MR) is 81.3 cm³/mol. The van der Waals surface area contributed by atoms with Crippen molar-refractivity contribution in [1.29, 1.82) is 0 Å². The van der Waals surface area contributed by atoms with E-state index in [-0.39, 0.29) is 12.4 Å². The zero-order valence-electron chi connectivity index (χ0n) is 11.4. The van der Waals surface area contributed by atoms with Gasteiger partial charge in [-0.3, -0.25) is 4.79 Å². The summed E-state index contributed by atoms with van der Waals surface area (Å²) in [5.41, 5.74) is 2.88. The SMILES string of the molecule is CCc1ccc(C(=O)COCc2cccc(Cl)c2)cc1. The third-order valence-electron chi connectivity index (χ3n) is 3.08. The first kappa shape index (κ1) is 14.8. The third-order valence-corrected chi connectivity index (χ3v) is 3.31. The maximum absolute atomic E-state index is 12.0. The Morgan fingerprint density at radius 2 is 1.85 bits per heavy atom. The molecule has 0 aromatic heterocycles. The lowest BCUT2D eigenvalue weighted by Gasteiger charge is -2.05. The van der Waals surface area contributed by atoms with Crippen molar-refractivity contribution >= 4 is 17.4 Å². The minimum atomic E-state index is -0.00492. The molecule has 2 aromatic rings. The van der Waals surface area contributed by atoms with Gasteiger partial charge in [-0.25, -0.2) is 0 Å². The minimum absolute atomic E-state index is 0.00492. The number of rotatable bonds is 6. The molecule has 0 atom stereocenters. The number of hydrogen-bond donors (Lipinski definition) is 0. The molecule has 0 radical (unpaired) electrons. The van der Waals surface area contributed by atoms with Gasteiger partial charge in [0.15, 0.2) is 5.78 Å². The van der Waals surface area contributed by atoms with Crippen LogP contribution in [0.25, 0.3) is 0 Å². The molecule has 3 heteroatoms. The average Bonchev–Trinajstić information content (AvgIpc) is 2.47. The number of halogens is 1. The molecule has 2 aromatic carbocycles. The van der Waals surface area contributed by atoms with Crippen molar-refractivity contribution in [3.63, 3.8) is 0 Å². The second kappa shape index (κ2) is 7.22. The van der Waals surface area contributed by atoms with Crippen molar-refractivity contribution in [3.05, 3.63) is 70.2 Å². The van der Waals surface area contributed by atoms with Crippen molar-refractivity contribution in [1.82, 2.24) is 0 Å². The Kier molecular flexibility index (Phi) is 5.33. The van der Waals surface area contributed by atoms with E-state index in [4.69, 9.17) is 16.3 Å². The summed E-state index contributed by atoms with van der Waals surface area (Å²) < 4.78 is 5.44. The van der Waals surface area contributed by atoms with E-state index in [0.717, 1.165) is 12.0 Å². The van der Waals surface area contributed by atoms with E-state index in [1.807, 2.05) is 48.5 Å². The fourth-order valence-corrected chi connectivity index (χ4v) is 2.11. The largest absolute Gasteiger partial charge is 0.369 e. The molecule has 0 unspecified atom stereocenters. The molecule has 0 bridgehead atoms. The van der Waals surface area contributed by atoms with E-state index in [1.165, 1.54) is 5.56 Å². The average molecular weight is 289 g/mol. The van der Waals surface area contributed by atoms with Gasteiger partial charge < -0.3 is 4.74 Å². The summed E-state index contributed by atoms with van der Waals surface area (Å²) in [6, 6.07) is 15.1. The first-order valence-corrected chi connectivity index (χ1v) is 7.01. The molecule has 0 aliphatic rings. The first-order chi connectivity index (χ1) is 9.69. The molecule has 0 N–H and O–H groups in total. The van der Waals surface area contributed by atoms with Crippen LogP contribution in [-0.4, -0.2) is 12.4 Å². The summed E-state index contributed by atoms with van der Waals surface area (Å²) in [7, 11) is 0. The van der Waals surface area contributed by atoms with Gasteiger partial charge in [-0.05, 0) is 29.7 Å². The van der Waals surface area contributed by atoms with E-state index in [9.17, 15) is 4.79 Å². The van der Waals surface area contributed by atoms with Crippen LogP contribution in [-0.2, 0) is 17.8 Å². The first-order valence-electron chi connectivity index (χ1n) is 6.63. The van der Waals surface area contributed by atoms with Gasteiger partial charge in [0.1, 0.15) is 6.61 Å². The monoisotopic (exact) mass is 288 g/mol. The third kappa shape index (κ3) is 4.19. The van der Waals surface area contributed by atoms with E-state index in [2.05, 4.69) is 6.92 Å². The van der Waals surface area contributed by atoms with Crippen LogP contribution in [0.4, 0.5) is 0 Å². The Morgan fingerprint density at radius 3 is 2.50 bits per heavy atom. The Bertz CT molecular complexity index is 576. The molecule has 0 heterocycles. The highest BCUT2D eigenvalue weighted by Crippen LogP contribution is 2.12. The maximum Gasteiger partial charge on any atom is 0.188 e. The fourth-order valence-electron chi connectivity index (χ4n) is 1.90. The van der Waals surface area contributed by atoms with E-state index in [1.54, 1.807) is 0 Å². The molecule has 0 amide bonds. The zero-order chi connectivity index (χ0) is 14.4. The second-order valence-electron chi connectivity index (χ2n) is 4.60. The lowest BCUT2D eigenvalue weighted by molar-refractivity contribution is 0.0726. The van der Waals surface area contributed by atoms with Gasteiger partial charge in [0.2, 0.25) is 0 Å². The maximum atomic E-state index is 12.0. The standard InChI is InChI=1S/C17H17ClO2/c1-2-13-6-8-15(9-7-13)17(19)12-20-11-14-4-3-5-16(18)10-14/h3-10H,2,11-12H2,1H3. The van der Waals surface area contributed by atoms with Crippen LogP contribution in [0.3, 0.4) is 0 Å². The normalized spacial score (nSPS) is 10.5. The van der Waals surface area contributed by atoms with Gasteiger partial charge >= 0.3 is 0 Å². The van der Waals surface area contributed by atoms with E-state index < -0.39 is 0 Å². The van der Waals surface area contributed by atoms with Gasteiger partial charge in [0.05, 0.1) is 6.61 Å². The quantitative estimate of drug-likeness (QED) is 0.741. The molecule has 20 heavy (non-hydrogen) atoms.